The molecule has 3 atom stereocenters. The molecular weight excluding hydrogens is 362 g/mol. The lowest BCUT2D eigenvalue weighted by molar-refractivity contribution is 0.0473. The van der Waals surface area contributed by atoms with Gasteiger partial charge < -0.3 is 14.6 Å². The quantitative estimate of drug-likeness (QED) is 0.756. The second-order valence-electron chi connectivity index (χ2n) is 9.51. The molecule has 4 nitrogen and oxygen atoms in total. The van der Waals surface area contributed by atoms with E-state index in [-0.39, 0.29) is 16.9 Å². The molecule has 1 aliphatic rings. The zero-order valence-electron chi connectivity index (χ0n) is 18.6. The van der Waals surface area contributed by atoms with Gasteiger partial charge in [-0.15, -0.1) is 0 Å². The lowest BCUT2D eigenvalue weighted by atomic mass is 9.72. The number of ether oxygens (including phenoxy) is 2. The van der Waals surface area contributed by atoms with E-state index in [4.69, 9.17) is 9.47 Å². The van der Waals surface area contributed by atoms with Gasteiger partial charge in [0.25, 0.3) is 0 Å². The third kappa shape index (κ3) is 4.93. The van der Waals surface area contributed by atoms with Crippen molar-refractivity contribution >= 4 is 0 Å². The summed E-state index contributed by atoms with van der Waals surface area (Å²) >= 11 is 0. The summed E-state index contributed by atoms with van der Waals surface area (Å²) in [6.07, 6.45) is -0.414. The van der Waals surface area contributed by atoms with E-state index < -0.39 is 6.10 Å². The Kier molecular flexibility index (Phi) is 6.25. The Morgan fingerprint density at radius 2 is 1.83 bits per heavy atom. The molecule has 0 bridgehead atoms. The molecule has 1 heterocycles. The van der Waals surface area contributed by atoms with Gasteiger partial charge in [0, 0.05) is 31.0 Å². The predicted molar refractivity (Wildman–Crippen MR) is 118 cm³/mol. The van der Waals surface area contributed by atoms with E-state index in [9.17, 15) is 5.11 Å². The summed E-state index contributed by atoms with van der Waals surface area (Å²) in [4.78, 5) is 2.45. The highest BCUT2D eigenvalue weighted by Crippen LogP contribution is 2.47. The van der Waals surface area contributed by atoms with Gasteiger partial charge in [-0.3, -0.25) is 4.90 Å². The maximum atomic E-state index is 10.7. The van der Waals surface area contributed by atoms with Crippen LogP contribution in [0.4, 0.5) is 0 Å². The Hall–Kier alpha value is -2.04. The topological polar surface area (TPSA) is 41.9 Å². The molecule has 0 saturated carbocycles. The van der Waals surface area contributed by atoms with Crippen molar-refractivity contribution in [3.63, 3.8) is 0 Å². The van der Waals surface area contributed by atoms with Crippen LogP contribution in [0.25, 0.3) is 0 Å². The van der Waals surface area contributed by atoms with Crippen molar-refractivity contribution in [2.24, 2.45) is 5.41 Å². The minimum Gasteiger partial charge on any atom is -0.493 e. The summed E-state index contributed by atoms with van der Waals surface area (Å²) < 4.78 is 11.7. The monoisotopic (exact) mass is 397 g/mol. The molecule has 2 aromatic rings. The number of hydrogen-bond acceptors (Lipinski definition) is 4. The van der Waals surface area contributed by atoms with E-state index in [1.165, 1.54) is 11.1 Å². The van der Waals surface area contributed by atoms with Gasteiger partial charge in [-0.25, -0.2) is 0 Å². The standard InChI is InChI=1S/C25H35NO3/c1-18(27)25(5)17-26(15-19-10-8-7-9-11-19)16-21(25)20-12-13-22(28-6)23(14-20)29-24(2,3)4/h7-14,18,21,27H,15-17H2,1-6H3/t18?,21-,25-/m0/s1. The zero-order chi connectivity index (χ0) is 21.2. The molecule has 1 fully saturated rings. The molecule has 1 N–H and O–H groups in total. The number of rotatable bonds is 6. The number of nitrogens with zero attached hydrogens (tertiary/aromatic N) is 1. The van der Waals surface area contributed by atoms with E-state index in [0.29, 0.717) is 0 Å². The average molecular weight is 398 g/mol. The van der Waals surface area contributed by atoms with Crippen molar-refractivity contribution in [1.29, 1.82) is 0 Å². The summed E-state index contributed by atoms with van der Waals surface area (Å²) in [7, 11) is 1.67. The summed E-state index contributed by atoms with van der Waals surface area (Å²) in [5.74, 6) is 1.70. The maximum Gasteiger partial charge on any atom is 0.162 e. The van der Waals surface area contributed by atoms with Gasteiger partial charge in [0.15, 0.2) is 11.5 Å². The van der Waals surface area contributed by atoms with E-state index >= 15 is 0 Å². The predicted octanol–water partition coefficient (Wildman–Crippen LogP) is 4.86. The zero-order valence-corrected chi connectivity index (χ0v) is 18.6. The first-order valence-corrected chi connectivity index (χ1v) is 10.4. The largest absolute Gasteiger partial charge is 0.493 e. The summed E-state index contributed by atoms with van der Waals surface area (Å²) in [6, 6.07) is 16.7. The van der Waals surface area contributed by atoms with Gasteiger partial charge in [0.05, 0.1) is 13.2 Å². The molecule has 0 aromatic heterocycles. The van der Waals surface area contributed by atoms with Gasteiger partial charge in [-0.2, -0.15) is 0 Å². The summed E-state index contributed by atoms with van der Waals surface area (Å²) in [6.45, 7) is 12.9. The lowest BCUT2D eigenvalue weighted by Gasteiger charge is -2.34. The van der Waals surface area contributed by atoms with E-state index in [1.807, 2.05) is 39.8 Å². The maximum absolute atomic E-state index is 10.7. The van der Waals surface area contributed by atoms with Crippen LogP contribution in [0.3, 0.4) is 0 Å². The van der Waals surface area contributed by atoms with Gasteiger partial charge in [-0.1, -0.05) is 43.3 Å². The molecule has 1 aliphatic heterocycles. The van der Waals surface area contributed by atoms with Crippen LogP contribution in [0.5, 0.6) is 11.5 Å². The van der Waals surface area contributed by atoms with Crippen molar-refractivity contribution in [1.82, 2.24) is 4.90 Å². The molecule has 0 aliphatic carbocycles. The molecule has 0 radical (unpaired) electrons. The van der Waals surface area contributed by atoms with Crippen molar-refractivity contribution in [2.45, 2.75) is 58.8 Å². The minimum atomic E-state index is -0.414. The fraction of sp³-hybridized carbons (Fsp3) is 0.520. The van der Waals surface area contributed by atoms with E-state index in [1.54, 1.807) is 7.11 Å². The number of hydrogen-bond donors (Lipinski definition) is 1. The minimum absolute atomic E-state index is 0.208. The first-order chi connectivity index (χ1) is 13.6. The van der Waals surface area contributed by atoms with E-state index in [0.717, 1.165) is 31.1 Å². The van der Waals surface area contributed by atoms with Crippen molar-refractivity contribution in [3.8, 4) is 11.5 Å². The van der Waals surface area contributed by atoms with Crippen LogP contribution < -0.4 is 9.47 Å². The van der Waals surface area contributed by atoms with Crippen LogP contribution in [-0.4, -0.2) is 41.9 Å². The Bertz CT molecular complexity index is 813. The highest BCUT2D eigenvalue weighted by molar-refractivity contribution is 5.45. The summed E-state index contributed by atoms with van der Waals surface area (Å²) in [5, 5.41) is 10.7. The number of methoxy groups -OCH3 is 1. The fourth-order valence-corrected chi connectivity index (χ4v) is 4.31. The number of aliphatic hydroxyl groups excluding tert-OH is 1. The Balaban J connectivity index is 1.91. The van der Waals surface area contributed by atoms with E-state index in [2.05, 4.69) is 48.2 Å². The smallest absolute Gasteiger partial charge is 0.162 e. The third-order valence-electron chi connectivity index (χ3n) is 6.01. The van der Waals surface area contributed by atoms with Crippen LogP contribution in [0.2, 0.25) is 0 Å². The SMILES string of the molecule is COc1ccc([C@@H]2CN(Cc3ccccc3)C[C@@]2(C)C(C)O)cc1OC(C)(C)C. The Morgan fingerprint density at radius 3 is 2.41 bits per heavy atom. The molecule has 29 heavy (non-hydrogen) atoms. The molecule has 0 spiro atoms. The van der Waals surface area contributed by atoms with Gasteiger partial charge in [0.2, 0.25) is 0 Å². The normalized spacial score (nSPS) is 23.8. The summed E-state index contributed by atoms with van der Waals surface area (Å²) in [5.41, 5.74) is 1.94. The first-order valence-electron chi connectivity index (χ1n) is 10.4. The highest BCUT2D eigenvalue weighted by Gasteiger charge is 2.47. The van der Waals surface area contributed by atoms with Crippen LogP contribution in [0.15, 0.2) is 48.5 Å². The fourth-order valence-electron chi connectivity index (χ4n) is 4.31. The molecule has 1 unspecified atom stereocenters. The van der Waals surface area contributed by atoms with Gasteiger partial charge >= 0.3 is 0 Å². The second-order valence-corrected chi connectivity index (χ2v) is 9.51. The van der Waals surface area contributed by atoms with Crippen LogP contribution in [0, 0.1) is 5.41 Å². The first kappa shape index (κ1) is 21.7. The van der Waals surface area contributed by atoms with Gasteiger partial charge in [-0.05, 0) is 51.0 Å². The number of likely N-dealkylation sites (tertiary alicyclic amines) is 1. The molecule has 1 saturated heterocycles. The third-order valence-corrected chi connectivity index (χ3v) is 6.01. The second kappa shape index (κ2) is 8.37. The molecule has 158 valence electrons. The average Bonchev–Trinajstić information content (AvgIpc) is 2.99. The van der Waals surface area contributed by atoms with Crippen molar-refractivity contribution in [3.05, 3.63) is 59.7 Å². The van der Waals surface area contributed by atoms with Crippen LogP contribution in [0.1, 0.15) is 51.7 Å². The Labute approximate surface area is 175 Å². The van der Waals surface area contributed by atoms with Crippen LogP contribution in [-0.2, 0) is 6.54 Å². The molecule has 2 aromatic carbocycles. The highest BCUT2D eigenvalue weighted by atomic mass is 16.5. The molecule has 4 heteroatoms. The lowest BCUT2D eigenvalue weighted by Crippen LogP contribution is -2.37. The molecule has 3 rings (SSSR count). The molecular formula is C25H35NO3. The number of aliphatic hydroxyl groups is 1. The van der Waals surface area contributed by atoms with Crippen molar-refractivity contribution in [2.75, 3.05) is 20.2 Å². The van der Waals surface area contributed by atoms with Gasteiger partial charge in [0.1, 0.15) is 5.60 Å². The van der Waals surface area contributed by atoms with Crippen molar-refractivity contribution < 1.29 is 14.6 Å². The number of benzene rings is 2. The van der Waals surface area contributed by atoms with Crippen LogP contribution >= 0.6 is 0 Å². The Morgan fingerprint density at radius 1 is 1.14 bits per heavy atom. The molecule has 0 amide bonds.